The Morgan fingerprint density at radius 3 is 2.26 bits per heavy atom. The van der Waals surface area contributed by atoms with Crippen molar-refractivity contribution in [2.45, 2.75) is 77.6 Å². The van der Waals surface area contributed by atoms with Crippen molar-refractivity contribution in [3.63, 3.8) is 0 Å². The van der Waals surface area contributed by atoms with Gasteiger partial charge in [0.1, 0.15) is 11.1 Å². The number of thiazole rings is 1. The van der Waals surface area contributed by atoms with Crippen LogP contribution in [-0.2, 0) is 27.0 Å². The number of likely N-dealkylation sites (tertiary alicyclic amines) is 1. The summed E-state index contributed by atoms with van der Waals surface area (Å²) in [7, 11) is 1.40. The number of piperidine rings is 1. The number of hydrogen-bond donors (Lipinski definition) is 0. The second-order valence-corrected chi connectivity index (χ2v) is 11.1. The molecule has 0 N–H and O–H groups in total. The van der Waals surface area contributed by atoms with Crippen LogP contribution in [0.15, 0.2) is 48.1 Å². The molecule has 2 aromatic rings. The van der Waals surface area contributed by atoms with E-state index in [-0.39, 0.29) is 32.5 Å². The normalized spacial score (nSPS) is 17.5. The number of rotatable bonds is 11. The van der Waals surface area contributed by atoms with Crippen molar-refractivity contribution in [2.24, 2.45) is 5.92 Å². The molecule has 1 aliphatic rings. The van der Waals surface area contributed by atoms with Gasteiger partial charge in [0.15, 0.2) is 6.10 Å². The molecule has 42 heavy (non-hydrogen) atoms. The quantitative estimate of drug-likeness (QED) is 0.144. The van der Waals surface area contributed by atoms with Crippen LogP contribution in [0.25, 0.3) is 10.6 Å². The van der Waals surface area contributed by atoms with Gasteiger partial charge in [0, 0.05) is 19.2 Å². The molecule has 3 rings (SSSR count). The summed E-state index contributed by atoms with van der Waals surface area (Å²) in [4.78, 5) is 20.4. The molecule has 1 saturated heterocycles. The molecule has 1 unspecified atom stereocenters. The number of benzene rings is 1. The van der Waals surface area contributed by atoms with E-state index in [1.54, 1.807) is 19.1 Å². The minimum absolute atomic E-state index is 0.0339. The molecule has 5 nitrogen and oxygen atoms in total. The molecule has 0 saturated carbocycles. The van der Waals surface area contributed by atoms with E-state index in [9.17, 15) is 31.1 Å². The van der Waals surface area contributed by atoms with Crippen LogP contribution in [0.2, 0.25) is 0 Å². The highest BCUT2D eigenvalue weighted by molar-refractivity contribution is 7.15. The molecule has 0 radical (unpaired) electrons. The third-order valence-corrected chi connectivity index (χ3v) is 8.40. The average molecular weight is 619 g/mol. The van der Waals surface area contributed by atoms with Gasteiger partial charge in [-0.25, -0.2) is 9.78 Å². The number of halogens is 6. The third-order valence-electron chi connectivity index (χ3n) is 7.16. The number of allylic oxidation sites excluding steroid dienone is 2. The Balaban J connectivity index is 1.92. The number of carbonyl (C=O) groups excluding carboxylic acids is 1. The standard InChI is InChI=1S/C30H36F6N2O3S/c1-5-8-9-19(6-2)25(40-4)28(39)41-24(7-3)26-23(18-38-16-14-22(15-17-38)30(34,35)36)37-27(42-26)20-10-12-21(13-11-20)29(31,32)33/h6,8-13,22,24-25H,5,7,14-18H2,1-4H3/b9-8-,19-6+/t24-,25?/m0/s1. The summed E-state index contributed by atoms with van der Waals surface area (Å²) in [6.45, 7) is 6.22. The summed E-state index contributed by atoms with van der Waals surface area (Å²) < 4.78 is 90.3. The van der Waals surface area contributed by atoms with Gasteiger partial charge in [-0.05, 0) is 63.4 Å². The number of aromatic nitrogens is 1. The maximum atomic E-state index is 13.3. The predicted molar refractivity (Wildman–Crippen MR) is 150 cm³/mol. The molecular formula is C30H36F6N2O3S. The van der Waals surface area contributed by atoms with Gasteiger partial charge in [-0.15, -0.1) is 11.3 Å². The van der Waals surface area contributed by atoms with Gasteiger partial charge in [0.25, 0.3) is 0 Å². The number of nitrogens with zero attached hydrogens (tertiary/aromatic N) is 2. The van der Waals surface area contributed by atoms with Crippen molar-refractivity contribution in [2.75, 3.05) is 20.2 Å². The van der Waals surface area contributed by atoms with Gasteiger partial charge in [-0.1, -0.05) is 44.2 Å². The van der Waals surface area contributed by atoms with E-state index in [0.29, 0.717) is 33.1 Å². The Morgan fingerprint density at radius 1 is 1.12 bits per heavy atom. The van der Waals surface area contributed by atoms with Crippen molar-refractivity contribution in [3.8, 4) is 10.6 Å². The molecule has 12 heteroatoms. The monoisotopic (exact) mass is 618 g/mol. The van der Waals surface area contributed by atoms with E-state index in [1.165, 1.54) is 30.6 Å². The predicted octanol–water partition coefficient (Wildman–Crippen LogP) is 8.53. The minimum Gasteiger partial charge on any atom is -0.454 e. The number of hydrogen-bond acceptors (Lipinski definition) is 6. The highest BCUT2D eigenvalue weighted by Crippen LogP contribution is 2.39. The van der Waals surface area contributed by atoms with Crippen LogP contribution in [0.5, 0.6) is 0 Å². The van der Waals surface area contributed by atoms with Gasteiger partial charge in [0.05, 0.1) is 22.1 Å². The first-order valence-corrected chi connectivity index (χ1v) is 14.7. The van der Waals surface area contributed by atoms with E-state index < -0.39 is 42.0 Å². The fourth-order valence-electron chi connectivity index (χ4n) is 4.77. The van der Waals surface area contributed by atoms with Crippen molar-refractivity contribution in [3.05, 3.63) is 64.2 Å². The number of alkyl halides is 6. The zero-order valence-corrected chi connectivity index (χ0v) is 24.8. The van der Waals surface area contributed by atoms with Gasteiger partial charge in [-0.2, -0.15) is 26.3 Å². The van der Waals surface area contributed by atoms with Crippen LogP contribution < -0.4 is 0 Å². The first-order chi connectivity index (χ1) is 19.8. The number of esters is 1. The first-order valence-electron chi connectivity index (χ1n) is 13.8. The molecule has 2 heterocycles. The van der Waals surface area contributed by atoms with E-state index >= 15 is 0 Å². The minimum atomic E-state index is -4.49. The van der Waals surface area contributed by atoms with E-state index in [1.807, 2.05) is 24.8 Å². The molecule has 1 aromatic heterocycles. The van der Waals surface area contributed by atoms with E-state index in [2.05, 4.69) is 0 Å². The molecule has 0 aliphatic carbocycles. The SMILES string of the molecule is C/C=C(\C=C/CC)C(OC)C(=O)O[C@@H](CC)c1sc(-c2ccc(C(F)(F)F)cc2)nc1CN1CCC(C(F)(F)F)CC1. The number of carbonyl (C=O) groups is 1. The van der Waals surface area contributed by atoms with Gasteiger partial charge in [-0.3, -0.25) is 4.90 Å². The van der Waals surface area contributed by atoms with E-state index in [0.717, 1.165) is 18.6 Å². The topological polar surface area (TPSA) is 51.7 Å². The number of methoxy groups -OCH3 is 1. The zero-order chi connectivity index (χ0) is 31.1. The second-order valence-electron chi connectivity index (χ2n) is 10.0. The average Bonchev–Trinajstić information content (AvgIpc) is 3.36. The Hall–Kier alpha value is -2.70. The van der Waals surface area contributed by atoms with Gasteiger partial charge < -0.3 is 9.47 Å². The fraction of sp³-hybridized carbons (Fsp3) is 0.533. The second kappa shape index (κ2) is 14.7. The van der Waals surface area contributed by atoms with Crippen LogP contribution in [0.1, 0.15) is 68.7 Å². The lowest BCUT2D eigenvalue weighted by Crippen LogP contribution is -2.38. The maximum Gasteiger partial charge on any atom is 0.416 e. The Kier molecular flexibility index (Phi) is 11.8. The van der Waals surface area contributed by atoms with Crippen molar-refractivity contribution in [1.29, 1.82) is 0 Å². The van der Waals surface area contributed by atoms with Crippen LogP contribution in [0.3, 0.4) is 0 Å². The summed E-state index contributed by atoms with van der Waals surface area (Å²) in [6, 6.07) is 4.61. The highest BCUT2D eigenvalue weighted by Gasteiger charge is 2.41. The fourth-order valence-corrected chi connectivity index (χ4v) is 5.96. The molecule has 1 fully saturated rings. The third kappa shape index (κ3) is 8.67. The lowest BCUT2D eigenvalue weighted by molar-refractivity contribution is -0.185. The van der Waals surface area contributed by atoms with Gasteiger partial charge >= 0.3 is 18.3 Å². The smallest absolute Gasteiger partial charge is 0.416 e. The summed E-state index contributed by atoms with van der Waals surface area (Å²) in [5.41, 5.74) is 0.805. The van der Waals surface area contributed by atoms with E-state index in [4.69, 9.17) is 14.5 Å². The summed E-state index contributed by atoms with van der Waals surface area (Å²) >= 11 is 1.20. The van der Waals surface area contributed by atoms with Crippen molar-refractivity contribution < 1.29 is 40.6 Å². The van der Waals surface area contributed by atoms with Crippen molar-refractivity contribution in [1.82, 2.24) is 9.88 Å². The largest absolute Gasteiger partial charge is 0.454 e. The lowest BCUT2D eigenvalue weighted by atomic mass is 9.96. The molecule has 0 bridgehead atoms. The Morgan fingerprint density at radius 2 is 1.76 bits per heavy atom. The molecule has 232 valence electrons. The Bertz CT molecular complexity index is 1230. The lowest BCUT2D eigenvalue weighted by Gasteiger charge is -2.32. The molecule has 2 atom stereocenters. The number of ether oxygens (including phenoxy) is 2. The Labute approximate surface area is 246 Å². The summed E-state index contributed by atoms with van der Waals surface area (Å²) in [5, 5.41) is 0.428. The van der Waals surface area contributed by atoms with Crippen LogP contribution in [0.4, 0.5) is 26.3 Å². The molecule has 0 spiro atoms. The van der Waals surface area contributed by atoms with Crippen molar-refractivity contribution >= 4 is 17.3 Å². The summed E-state index contributed by atoms with van der Waals surface area (Å²) in [6.07, 6.45) is -3.94. The highest BCUT2D eigenvalue weighted by atomic mass is 32.1. The molecule has 1 aliphatic heterocycles. The van der Waals surface area contributed by atoms with Gasteiger partial charge in [0.2, 0.25) is 0 Å². The molecular weight excluding hydrogens is 582 g/mol. The van der Waals surface area contributed by atoms with Crippen LogP contribution >= 0.6 is 11.3 Å². The van der Waals surface area contributed by atoms with Crippen LogP contribution in [-0.4, -0.2) is 48.3 Å². The molecule has 1 aromatic carbocycles. The zero-order valence-electron chi connectivity index (χ0n) is 24.0. The molecule has 0 amide bonds. The maximum absolute atomic E-state index is 13.3. The van der Waals surface area contributed by atoms with Crippen LogP contribution in [0, 0.1) is 5.92 Å². The summed E-state index contributed by atoms with van der Waals surface area (Å²) in [5.74, 6) is -1.97. The first kappa shape index (κ1) is 33.8.